The normalized spacial score (nSPS) is 12.0. The zero-order chi connectivity index (χ0) is 55.9. The lowest BCUT2D eigenvalue weighted by Crippen LogP contribution is -2.53. The molecule has 0 saturated heterocycles. The maximum atomic E-state index is 15.1. The highest BCUT2D eigenvalue weighted by atomic mass is 16.3. The van der Waals surface area contributed by atoms with Crippen molar-refractivity contribution >= 4 is 47.1 Å². The Balaban J connectivity index is 2.60. The van der Waals surface area contributed by atoms with Gasteiger partial charge in [-0.1, -0.05) is 88.4 Å². The number of benzene rings is 2. The Morgan fingerprint density at radius 2 is 0.813 bits per heavy atom. The summed E-state index contributed by atoms with van der Waals surface area (Å²) in [7, 11) is 0. The predicted octanol–water partition coefficient (Wildman–Crippen LogP) is 2.01. The first-order valence-corrected chi connectivity index (χ1v) is 26.8. The van der Waals surface area contributed by atoms with E-state index in [1.807, 2.05) is 88.4 Å². The first-order valence-electron chi connectivity index (χ1n) is 26.8. The zero-order valence-corrected chi connectivity index (χ0v) is 46.1. The van der Waals surface area contributed by atoms with Gasteiger partial charge in [0.1, 0.15) is 18.9 Å². The Labute approximate surface area is 446 Å². The smallest absolute Gasteiger partial charge is 0.243 e. The average Bonchev–Trinajstić information content (AvgIpc) is 3.37. The van der Waals surface area contributed by atoms with Crippen LogP contribution in [0.25, 0.3) is 0 Å². The third-order valence-corrected chi connectivity index (χ3v) is 12.7. The van der Waals surface area contributed by atoms with Gasteiger partial charge in [-0.15, -0.1) is 0 Å². The Morgan fingerprint density at radius 3 is 1.20 bits per heavy atom. The van der Waals surface area contributed by atoms with E-state index in [9.17, 15) is 38.7 Å². The third kappa shape index (κ3) is 24.6. The van der Waals surface area contributed by atoms with Gasteiger partial charge < -0.3 is 61.9 Å². The van der Waals surface area contributed by atoms with Crippen LogP contribution in [0.3, 0.4) is 0 Å². The van der Waals surface area contributed by atoms with Gasteiger partial charge in [-0.25, -0.2) is 0 Å². The number of Topliss-reactive ketones (excluding diaryl/α,β-unsaturated/α-hetero) is 1. The predicted molar refractivity (Wildman–Crippen MR) is 291 cm³/mol. The average molecular weight is 1050 g/mol. The molecule has 420 valence electrons. The fourth-order valence-corrected chi connectivity index (χ4v) is 8.40. The number of unbranched alkanes of at least 4 members (excludes halogenated alkanes) is 3. The highest BCUT2D eigenvalue weighted by Gasteiger charge is 2.34. The molecule has 0 spiro atoms. The molecule has 0 bridgehead atoms. The zero-order valence-electron chi connectivity index (χ0n) is 46.1. The molecule has 0 radical (unpaired) electrons. The highest BCUT2D eigenvalue weighted by Crippen LogP contribution is 2.25. The monoisotopic (exact) mass is 1050 g/mol. The molecule has 0 aliphatic rings. The Morgan fingerprint density at radius 1 is 0.453 bits per heavy atom. The van der Waals surface area contributed by atoms with Crippen molar-refractivity contribution in [3.63, 3.8) is 0 Å². The van der Waals surface area contributed by atoms with Gasteiger partial charge in [0.25, 0.3) is 0 Å². The van der Waals surface area contributed by atoms with Crippen LogP contribution in [0, 0.1) is 11.8 Å². The maximum absolute atomic E-state index is 15.1. The standard InChI is InChI=1S/C55H91N11O9/c1-42(2)32-59-33-49(69)63(30-31-67)37-51(71)61(28-18-15-25-57)38-52(72)64(34-43(3)4)39-54(74)66(46(7)48-22-12-9-13-23-48)41-55(75)65(45(6)47-20-10-8-11-21-47)40-53(73)62(29-19-16-26-58)36-50(70)60(35-44(5)68)27-17-14-24-56/h8-13,20-23,42-43,45-46,59,67H,14-19,24-41,56-58H2,1-7H3. The lowest BCUT2D eigenvalue weighted by Gasteiger charge is -2.37. The minimum Gasteiger partial charge on any atom is -0.395 e. The van der Waals surface area contributed by atoms with Crippen LogP contribution >= 0.6 is 0 Å². The number of nitrogens with one attached hydrogen (secondary N) is 1. The molecule has 2 aromatic rings. The van der Waals surface area contributed by atoms with E-state index in [0.717, 1.165) is 5.56 Å². The molecule has 8 N–H and O–H groups in total. The van der Waals surface area contributed by atoms with Crippen LogP contribution in [0.1, 0.15) is 110 Å². The summed E-state index contributed by atoms with van der Waals surface area (Å²) in [5.41, 5.74) is 18.8. The molecule has 0 saturated carbocycles. The van der Waals surface area contributed by atoms with Gasteiger partial charge in [-0.05, 0) is 108 Å². The SMILES string of the molecule is CC(=O)CN(CCCCN)C(=O)CN(CCCCN)C(=O)CN(C(=O)CN(C(=O)CN(CC(C)C)C(=O)CN(CCCCN)C(=O)CN(CCO)C(=O)CNCC(C)C)C(C)c1ccccc1)C(C)c1ccccc1. The molecule has 0 fully saturated rings. The Hall–Kier alpha value is -5.80. The van der Waals surface area contributed by atoms with Crippen LogP contribution in [0.2, 0.25) is 0 Å². The van der Waals surface area contributed by atoms with Crippen molar-refractivity contribution in [1.82, 2.24) is 39.6 Å². The van der Waals surface area contributed by atoms with E-state index < -0.39 is 73.7 Å². The number of hydrogen-bond donors (Lipinski definition) is 5. The maximum Gasteiger partial charge on any atom is 0.243 e. The number of carbonyl (C=O) groups excluding carboxylic acids is 8. The summed E-state index contributed by atoms with van der Waals surface area (Å²) in [5.74, 6) is -3.50. The molecule has 2 rings (SSSR count). The summed E-state index contributed by atoms with van der Waals surface area (Å²) in [5, 5.41) is 12.9. The molecule has 2 unspecified atom stereocenters. The van der Waals surface area contributed by atoms with Crippen LogP contribution < -0.4 is 22.5 Å². The van der Waals surface area contributed by atoms with E-state index >= 15 is 4.79 Å². The van der Waals surface area contributed by atoms with Gasteiger partial charge in [0.05, 0.1) is 58.0 Å². The van der Waals surface area contributed by atoms with Gasteiger partial charge in [-0.3, -0.25) is 38.4 Å². The number of nitrogens with two attached hydrogens (primary N) is 3. The first-order chi connectivity index (χ1) is 35.8. The van der Waals surface area contributed by atoms with Crippen molar-refractivity contribution in [2.24, 2.45) is 29.0 Å². The second-order valence-electron chi connectivity index (χ2n) is 20.1. The molecule has 20 heteroatoms. The van der Waals surface area contributed by atoms with Crippen molar-refractivity contribution in [1.29, 1.82) is 0 Å². The van der Waals surface area contributed by atoms with E-state index in [1.54, 1.807) is 13.8 Å². The van der Waals surface area contributed by atoms with E-state index in [-0.39, 0.29) is 89.0 Å². The van der Waals surface area contributed by atoms with E-state index in [2.05, 4.69) is 5.32 Å². The van der Waals surface area contributed by atoms with Gasteiger partial charge in [-0.2, -0.15) is 0 Å². The number of rotatable bonds is 38. The number of nitrogens with zero attached hydrogens (tertiary/aromatic N) is 7. The highest BCUT2D eigenvalue weighted by molar-refractivity contribution is 5.93. The number of amides is 7. The van der Waals surface area contributed by atoms with Crippen molar-refractivity contribution < 1.29 is 43.5 Å². The summed E-state index contributed by atoms with van der Waals surface area (Å²) >= 11 is 0. The van der Waals surface area contributed by atoms with Gasteiger partial charge in [0, 0.05) is 32.7 Å². The second-order valence-corrected chi connectivity index (χ2v) is 20.1. The summed E-state index contributed by atoms with van der Waals surface area (Å²) < 4.78 is 0. The van der Waals surface area contributed by atoms with Gasteiger partial charge in [0.2, 0.25) is 41.4 Å². The number of aliphatic hydroxyl groups is 1. The molecule has 0 heterocycles. The summed E-state index contributed by atoms with van der Waals surface area (Å²) in [4.78, 5) is 122. The number of ketones is 1. The van der Waals surface area contributed by atoms with E-state index in [1.165, 1.54) is 41.2 Å². The lowest BCUT2D eigenvalue weighted by atomic mass is 10.1. The van der Waals surface area contributed by atoms with E-state index in [4.69, 9.17) is 17.2 Å². The Kier molecular flexibility index (Phi) is 31.6. The van der Waals surface area contributed by atoms with Crippen LogP contribution in [0.5, 0.6) is 0 Å². The quantitative estimate of drug-likeness (QED) is 0.0604. The molecule has 0 aliphatic heterocycles. The number of aliphatic hydroxyl groups excluding tert-OH is 1. The molecular formula is C55H91N11O9. The number of hydrogen-bond acceptors (Lipinski definition) is 13. The fraction of sp³-hybridized carbons (Fsp3) is 0.636. The Bertz CT molecular complexity index is 2050. The third-order valence-electron chi connectivity index (χ3n) is 12.7. The second kappa shape index (κ2) is 36.2. The minimum absolute atomic E-state index is 0.0332. The van der Waals surface area contributed by atoms with Gasteiger partial charge >= 0.3 is 0 Å². The number of carbonyl (C=O) groups is 8. The molecule has 2 atom stereocenters. The van der Waals surface area contributed by atoms with Crippen molar-refractivity contribution in [3.05, 3.63) is 71.8 Å². The molecule has 75 heavy (non-hydrogen) atoms. The van der Waals surface area contributed by atoms with Crippen molar-refractivity contribution in [2.45, 2.75) is 99.1 Å². The van der Waals surface area contributed by atoms with Gasteiger partial charge in [0.15, 0.2) is 0 Å². The summed E-state index contributed by atoms with van der Waals surface area (Å²) in [6.45, 7) is 12.1. The summed E-state index contributed by atoms with van der Waals surface area (Å²) in [6, 6.07) is 16.9. The first kappa shape index (κ1) is 65.3. The van der Waals surface area contributed by atoms with Crippen LogP contribution in [0.15, 0.2) is 60.7 Å². The summed E-state index contributed by atoms with van der Waals surface area (Å²) in [6.07, 6.45) is 3.32. The van der Waals surface area contributed by atoms with Crippen LogP contribution in [0.4, 0.5) is 0 Å². The van der Waals surface area contributed by atoms with Crippen molar-refractivity contribution in [3.8, 4) is 0 Å². The van der Waals surface area contributed by atoms with Crippen molar-refractivity contribution in [2.75, 3.05) is 118 Å². The fourth-order valence-electron chi connectivity index (χ4n) is 8.40. The molecule has 0 aromatic heterocycles. The lowest BCUT2D eigenvalue weighted by molar-refractivity contribution is -0.150. The molecule has 20 nitrogen and oxygen atoms in total. The van der Waals surface area contributed by atoms with Crippen LogP contribution in [-0.2, 0) is 38.4 Å². The topological polar surface area (TPSA) is 270 Å². The molecular weight excluding hydrogens is 959 g/mol. The molecule has 2 aromatic carbocycles. The largest absolute Gasteiger partial charge is 0.395 e. The van der Waals surface area contributed by atoms with Crippen LogP contribution in [-0.4, -0.2) is 204 Å². The minimum atomic E-state index is -0.695. The molecule has 7 amide bonds. The molecule has 0 aliphatic carbocycles. The van der Waals surface area contributed by atoms with E-state index in [0.29, 0.717) is 70.3 Å².